The number of amides is 1. The van der Waals surface area contributed by atoms with Crippen LogP contribution >= 0.6 is 0 Å². The Labute approximate surface area is 97.8 Å². The molecule has 9 heteroatoms. The van der Waals surface area contributed by atoms with Gasteiger partial charge in [0.2, 0.25) is 5.88 Å². The predicted octanol–water partition coefficient (Wildman–Crippen LogP) is 2.23. The van der Waals surface area contributed by atoms with Crippen LogP contribution in [0.3, 0.4) is 0 Å². The first-order valence-electron chi connectivity index (χ1n) is 4.44. The van der Waals surface area contributed by atoms with E-state index in [1.165, 1.54) is 18.5 Å². The highest BCUT2D eigenvalue weighted by Gasteiger charge is 2.63. The van der Waals surface area contributed by atoms with Crippen LogP contribution in [0.5, 0.6) is 5.88 Å². The molecule has 1 N–H and O–H groups in total. The molecular weight excluding hydrogens is 263 g/mol. The average molecular weight is 270 g/mol. The lowest BCUT2D eigenvalue weighted by Gasteiger charge is -2.18. The maximum absolute atomic E-state index is 12.6. The van der Waals surface area contributed by atoms with Gasteiger partial charge in [0.25, 0.3) is 0 Å². The molecule has 1 aromatic rings. The monoisotopic (exact) mass is 270 g/mol. The summed E-state index contributed by atoms with van der Waals surface area (Å²) in [6, 6.07) is 2.28. The summed E-state index contributed by atoms with van der Waals surface area (Å²) in [7, 11) is 1.29. The van der Waals surface area contributed by atoms with Crippen LogP contribution in [0.4, 0.5) is 27.6 Å². The van der Waals surface area contributed by atoms with Gasteiger partial charge < -0.3 is 10.1 Å². The maximum atomic E-state index is 12.6. The second kappa shape index (κ2) is 4.75. The van der Waals surface area contributed by atoms with Crippen molar-refractivity contribution in [2.24, 2.45) is 0 Å². The average Bonchev–Trinajstić information content (AvgIpc) is 2.28. The molecule has 0 aliphatic carbocycles. The second-order valence-corrected chi connectivity index (χ2v) is 3.12. The number of alkyl halides is 5. The number of methoxy groups -OCH3 is 1. The van der Waals surface area contributed by atoms with Gasteiger partial charge in [0.1, 0.15) is 0 Å². The van der Waals surface area contributed by atoms with E-state index in [1.54, 1.807) is 0 Å². The van der Waals surface area contributed by atoms with Crippen LogP contribution in [0.1, 0.15) is 0 Å². The zero-order valence-corrected chi connectivity index (χ0v) is 8.89. The summed E-state index contributed by atoms with van der Waals surface area (Å²) in [5, 5.41) is 1.41. The number of anilines is 1. The van der Waals surface area contributed by atoms with Crippen molar-refractivity contribution in [2.45, 2.75) is 12.1 Å². The minimum Gasteiger partial charge on any atom is -0.481 e. The van der Waals surface area contributed by atoms with E-state index in [2.05, 4.69) is 9.72 Å². The molecule has 1 heterocycles. The smallest absolute Gasteiger partial charge is 0.463 e. The van der Waals surface area contributed by atoms with Crippen LogP contribution in [0.15, 0.2) is 18.3 Å². The molecule has 0 saturated heterocycles. The predicted molar refractivity (Wildman–Crippen MR) is 50.4 cm³/mol. The molecule has 4 nitrogen and oxygen atoms in total. The number of ether oxygens (including phenoxy) is 1. The lowest BCUT2D eigenvalue weighted by atomic mass is 10.3. The first-order valence-corrected chi connectivity index (χ1v) is 4.44. The largest absolute Gasteiger partial charge is 0.481 e. The number of pyridine rings is 1. The van der Waals surface area contributed by atoms with Crippen molar-refractivity contribution in [1.29, 1.82) is 0 Å². The van der Waals surface area contributed by atoms with Crippen LogP contribution in [-0.2, 0) is 4.79 Å². The van der Waals surface area contributed by atoms with Gasteiger partial charge in [-0.2, -0.15) is 22.0 Å². The molecule has 0 aromatic carbocycles. The number of carbonyl (C=O) groups excluding carboxylic acids is 1. The molecule has 0 atom stereocenters. The lowest BCUT2D eigenvalue weighted by Crippen LogP contribution is -2.47. The van der Waals surface area contributed by atoms with Gasteiger partial charge >= 0.3 is 18.0 Å². The van der Waals surface area contributed by atoms with E-state index in [1.807, 2.05) is 0 Å². The number of aromatic nitrogens is 1. The molecule has 1 rings (SSSR count). The molecular formula is C9H7F5N2O2. The van der Waals surface area contributed by atoms with Crippen molar-refractivity contribution in [3.63, 3.8) is 0 Å². The molecule has 1 amide bonds. The highest BCUT2D eigenvalue weighted by atomic mass is 19.4. The van der Waals surface area contributed by atoms with E-state index in [9.17, 15) is 26.7 Å². The summed E-state index contributed by atoms with van der Waals surface area (Å²) in [6.45, 7) is 0. The molecule has 0 aliphatic heterocycles. The minimum absolute atomic E-state index is 0.121. The summed E-state index contributed by atoms with van der Waals surface area (Å²) in [5.74, 6) is -7.81. The topological polar surface area (TPSA) is 51.2 Å². The second-order valence-electron chi connectivity index (χ2n) is 3.12. The molecule has 0 aliphatic rings. The third kappa shape index (κ3) is 2.84. The fourth-order valence-corrected chi connectivity index (χ4v) is 0.913. The Kier molecular flexibility index (Phi) is 3.73. The molecule has 0 fully saturated rings. The Morgan fingerprint density at radius 2 is 1.89 bits per heavy atom. The highest BCUT2D eigenvalue weighted by Crippen LogP contribution is 2.36. The zero-order chi connectivity index (χ0) is 14.0. The molecule has 100 valence electrons. The molecule has 0 saturated carbocycles. The van der Waals surface area contributed by atoms with Crippen molar-refractivity contribution < 1.29 is 31.5 Å². The Morgan fingerprint density at radius 1 is 1.28 bits per heavy atom. The van der Waals surface area contributed by atoms with E-state index < -0.39 is 18.0 Å². The maximum Gasteiger partial charge on any atom is 0.463 e. The van der Waals surface area contributed by atoms with Gasteiger partial charge in [0.05, 0.1) is 19.0 Å². The Morgan fingerprint density at radius 3 is 2.28 bits per heavy atom. The number of carbonyl (C=O) groups is 1. The third-order valence-electron chi connectivity index (χ3n) is 1.84. The first-order chi connectivity index (χ1) is 8.18. The number of halogens is 5. The normalized spacial score (nSPS) is 12.1. The molecule has 0 unspecified atom stereocenters. The highest BCUT2D eigenvalue weighted by molar-refractivity contribution is 5.96. The van der Waals surface area contributed by atoms with Crippen LogP contribution in [0.25, 0.3) is 0 Å². The molecule has 0 radical (unpaired) electrons. The van der Waals surface area contributed by atoms with Crippen molar-refractivity contribution in [1.82, 2.24) is 4.98 Å². The summed E-state index contributed by atoms with van der Waals surface area (Å²) in [4.78, 5) is 14.3. The number of nitrogens with zero attached hydrogens (tertiary/aromatic N) is 1. The summed E-state index contributed by atoms with van der Waals surface area (Å²) < 4.78 is 65.4. The van der Waals surface area contributed by atoms with Crippen LogP contribution in [0, 0.1) is 0 Å². The summed E-state index contributed by atoms with van der Waals surface area (Å²) >= 11 is 0. The number of nitrogens with one attached hydrogen (secondary N) is 1. The number of hydrogen-bond donors (Lipinski definition) is 1. The van der Waals surface area contributed by atoms with Gasteiger partial charge in [-0.15, -0.1) is 0 Å². The Hall–Kier alpha value is -1.93. The van der Waals surface area contributed by atoms with E-state index in [4.69, 9.17) is 0 Å². The van der Waals surface area contributed by atoms with Gasteiger partial charge in [-0.25, -0.2) is 4.98 Å². The third-order valence-corrected chi connectivity index (χ3v) is 1.84. The molecule has 0 spiro atoms. The van der Waals surface area contributed by atoms with Gasteiger partial charge in [-0.3, -0.25) is 4.79 Å². The van der Waals surface area contributed by atoms with Crippen LogP contribution in [-0.4, -0.2) is 30.1 Å². The van der Waals surface area contributed by atoms with Gasteiger partial charge in [-0.05, 0) is 6.07 Å². The standard InChI is InChI=1S/C9H7F5N2O2/c1-18-6-3-2-5(4-15-6)16-7(17)8(10,11)9(12,13)14/h2-4H,1H3,(H,16,17). The molecule has 0 bridgehead atoms. The SMILES string of the molecule is COc1ccc(NC(=O)C(F)(F)C(F)(F)F)cn1. The van der Waals surface area contributed by atoms with Gasteiger partial charge in [0.15, 0.2) is 0 Å². The van der Waals surface area contributed by atoms with Crippen molar-refractivity contribution in [3.8, 4) is 5.88 Å². The molecule has 18 heavy (non-hydrogen) atoms. The van der Waals surface area contributed by atoms with Gasteiger partial charge in [-0.1, -0.05) is 0 Å². The van der Waals surface area contributed by atoms with Gasteiger partial charge in [0, 0.05) is 6.07 Å². The Bertz CT molecular complexity index is 430. The summed E-state index contributed by atoms with van der Waals surface area (Å²) in [5.41, 5.74) is -0.301. The van der Waals surface area contributed by atoms with E-state index in [0.29, 0.717) is 0 Å². The lowest BCUT2D eigenvalue weighted by molar-refractivity contribution is -0.267. The minimum atomic E-state index is -5.95. The zero-order valence-electron chi connectivity index (χ0n) is 8.89. The van der Waals surface area contributed by atoms with E-state index in [0.717, 1.165) is 12.3 Å². The fraction of sp³-hybridized carbons (Fsp3) is 0.333. The number of rotatable bonds is 3. The quantitative estimate of drug-likeness (QED) is 0.857. The molecule has 1 aromatic heterocycles. The Balaban J connectivity index is 2.81. The van der Waals surface area contributed by atoms with Crippen molar-refractivity contribution in [3.05, 3.63) is 18.3 Å². The van der Waals surface area contributed by atoms with Crippen molar-refractivity contribution >= 4 is 11.6 Å². The fourth-order valence-electron chi connectivity index (χ4n) is 0.913. The van der Waals surface area contributed by atoms with E-state index in [-0.39, 0.29) is 11.6 Å². The van der Waals surface area contributed by atoms with E-state index >= 15 is 0 Å². The number of hydrogen-bond acceptors (Lipinski definition) is 3. The van der Waals surface area contributed by atoms with Crippen LogP contribution < -0.4 is 10.1 Å². The first kappa shape index (κ1) is 14.1. The van der Waals surface area contributed by atoms with Crippen LogP contribution in [0.2, 0.25) is 0 Å². The summed E-state index contributed by atoms with van der Waals surface area (Å²) in [6.07, 6.45) is -5.06. The van der Waals surface area contributed by atoms with Crippen molar-refractivity contribution in [2.75, 3.05) is 12.4 Å².